The van der Waals surface area contributed by atoms with Gasteiger partial charge < -0.3 is 0 Å². The van der Waals surface area contributed by atoms with Gasteiger partial charge in [0, 0.05) is 12.4 Å². The fourth-order valence-corrected chi connectivity index (χ4v) is 0.790. The van der Waals surface area contributed by atoms with Crippen LogP contribution in [-0.2, 0) is 4.79 Å². The first kappa shape index (κ1) is 10.7. The van der Waals surface area contributed by atoms with Crippen molar-refractivity contribution in [2.75, 3.05) is 0 Å². The van der Waals surface area contributed by atoms with Crippen LogP contribution in [0, 0.1) is 0 Å². The van der Waals surface area contributed by atoms with Crippen LogP contribution in [0.15, 0.2) is 18.5 Å². The average molecular weight is 212 g/mol. The standard InChI is InChI=1S/C5H3Cl2N.CHClO/c6-4-1-5(7)3-8-2-4;2-1-3/h1-3H;1H. The van der Waals surface area contributed by atoms with Gasteiger partial charge in [0.1, 0.15) is 0 Å². The minimum absolute atomic E-state index is 0.222. The molecule has 0 aliphatic heterocycles. The number of carbonyl (C=O) groups excluding carboxylic acids is 1. The number of nitrogens with zero attached hydrogens (tertiary/aromatic N) is 1. The van der Waals surface area contributed by atoms with Crippen molar-refractivity contribution in [2.24, 2.45) is 0 Å². The van der Waals surface area contributed by atoms with Gasteiger partial charge in [-0.2, -0.15) is 0 Å². The van der Waals surface area contributed by atoms with E-state index in [-0.39, 0.29) is 5.75 Å². The van der Waals surface area contributed by atoms with Gasteiger partial charge in [-0.25, -0.2) is 0 Å². The van der Waals surface area contributed by atoms with Gasteiger partial charge in [0.2, 0.25) is 5.75 Å². The van der Waals surface area contributed by atoms with Crippen LogP contribution in [-0.4, -0.2) is 10.7 Å². The summed E-state index contributed by atoms with van der Waals surface area (Å²) in [6.45, 7) is 0. The molecule has 0 spiro atoms. The lowest BCUT2D eigenvalue weighted by molar-refractivity contribution is 0.569. The molecular weight excluding hydrogens is 208 g/mol. The molecule has 1 aromatic heterocycles. The zero-order valence-electron chi connectivity index (χ0n) is 5.30. The topological polar surface area (TPSA) is 30.0 Å². The van der Waals surface area contributed by atoms with Crippen LogP contribution in [0.5, 0.6) is 0 Å². The number of carbonyl (C=O) groups is 1. The zero-order chi connectivity index (χ0) is 8.69. The molecule has 60 valence electrons. The van der Waals surface area contributed by atoms with E-state index in [1.807, 2.05) is 0 Å². The molecule has 0 atom stereocenters. The van der Waals surface area contributed by atoms with Gasteiger partial charge in [-0.05, 0) is 17.7 Å². The Morgan fingerprint density at radius 1 is 1.27 bits per heavy atom. The fourth-order valence-electron chi connectivity index (χ4n) is 0.386. The van der Waals surface area contributed by atoms with Gasteiger partial charge in [0.15, 0.2) is 0 Å². The molecule has 0 unspecified atom stereocenters. The molecule has 1 rings (SSSR count). The lowest BCUT2D eigenvalue weighted by Gasteiger charge is -1.85. The molecule has 2 nitrogen and oxygen atoms in total. The van der Waals surface area contributed by atoms with Crippen LogP contribution in [0.1, 0.15) is 0 Å². The van der Waals surface area contributed by atoms with Crippen molar-refractivity contribution in [3.63, 3.8) is 0 Å². The summed E-state index contributed by atoms with van der Waals surface area (Å²) in [5.41, 5.74) is 0. The molecule has 0 fully saturated rings. The van der Waals surface area contributed by atoms with Gasteiger partial charge in [-0.15, -0.1) is 0 Å². The monoisotopic (exact) mass is 211 g/mol. The average Bonchev–Trinajstić information content (AvgIpc) is 1.88. The molecule has 1 heterocycles. The van der Waals surface area contributed by atoms with E-state index in [4.69, 9.17) is 28.0 Å². The second-order valence-corrected chi connectivity index (χ2v) is 2.46. The maximum absolute atomic E-state index is 8.57. The first-order valence-corrected chi connectivity index (χ1v) is 3.70. The highest BCUT2D eigenvalue weighted by molar-refractivity contribution is 6.54. The molecule has 11 heavy (non-hydrogen) atoms. The second-order valence-electron chi connectivity index (χ2n) is 1.41. The van der Waals surface area contributed by atoms with Crippen LogP contribution >= 0.6 is 34.8 Å². The Labute approximate surface area is 79.1 Å². The van der Waals surface area contributed by atoms with Crippen molar-refractivity contribution >= 4 is 40.5 Å². The molecular formula is C6H4Cl3NO. The van der Waals surface area contributed by atoms with Crippen molar-refractivity contribution in [1.82, 2.24) is 4.98 Å². The largest absolute Gasteiger partial charge is 0.285 e. The Morgan fingerprint density at radius 2 is 1.64 bits per heavy atom. The Kier molecular flexibility index (Phi) is 6.22. The number of hydrogen-bond acceptors (Lipinski definition) is 2. The summed E-state index contributed by atoms with van der Waals surface area (Å²) in [6, 6.07) is 1.64. The molecule has 0 aromatic carbocycles. The Balaban J connectivity index is 0.000000292. The maximum Gasteiger partial charge on any atom is 0.208 e. The predicted molar refractivity (Wildman–Crippen MR) is 46.9 cm³/mol. The third-order valence-electron chi connectivity index (χ3n) is 0.672. The maximum atomic E-state index is 8.57. The summed E-state index contributed by atoms with van der Waals surface area (Å²) in [5.74, 6) is 0.222. The van der Waals surface area contributed by atoms with Gasteiger partial charge in [-0.3, -0.25) is 9.78 Å². The van der Waals surface area contributed by atoms with Crippen molar-refractivity contribution < 1.29 is 4.79 Å². The first-order chi connectivity index (χ1) is 5.20. The van der Waals surface area contributed by atoms with Crippen LogP contribution < -0.4 is 0 Å². The van der Waals surface area contributed by atoms with Crippen LogP contribution in [0.3, 0.4) is 0 Å². The van der Waals surface area contributed by atoms with Gasteiger partial charge >= 0.3 is 0 Å². The normalized spacial score (nSPS) is 7.91. The van der Waals surface area contributed by atoms with Crippen molar-refractivity contribution in [1.29, 1.82) is 0 Å². The summed E-state index contributed by atoms with van der Waals surface area (Å²) in [5, 5.41) is 1.13. The minimum Gasteiger partial charge on any atom is -0.285 e. The molecule has 5 heteroatoms. The van der Waals surface area contributed by atoms with E-state index in [1.54, 1.807) is 6.07 Å². The second kappa shape index (κ2) is 6.40. The van der Waals surface area contributed by atoms with Gasteiger partial charge in [0.05, 0.1) is 10.0 Å². The highest BCUT2D eigenvalue weighted by Gasteiger charge is 1.86. The summed E-state index contributed by atoms with van der Waals surface area (Å²) in [6.07, 6.45) is 3.07. The summed E-state index contributed by atoms with van der Waals surface area (Å²) in [7, 11) is 0. The molecule has 0 bridgehead atoms. The van der Waals surface area contributed by atoms with Crippen molar-refractivity contribution in [3.05, 3.63) is 28.5 Å². The van der Waals surface area contributed by atoms with E-state index in [2.05, 4.69) is 16.6 Å². The van der Waals surface area contributed by atoms with Crippen LogP contribution in [0.2, 0.25) is 10.0 Å². The molecule has 0 amide bonds. The molecule has 0 N–H and O–H groups in total. The lowest BCUT2D eigenvalue weighted by atomic mass is 10.5. The quantitative estimate of drug-likeness (QED) is 0.489. The summed E-state index contributed by atoms with van der Waals surface area (Å²) >= 11 is 15.3. The van der Waals surface area contributed by atoms with E-state index in [0.29, 0.717) is 10.0 Å². The predicted octanol–water partition coefficient (Wildman–Crippen LogP) is 2.80. The van der Waals surface area contributed by atoms with E-state index in [0.717, 1.165) is 0 Å². The lowest BCUT2D eigenvalue weighted by Crippen LogP contribution is -1.68. The van der Waals surface area contributed by atoms with Crippen molar-refractivity contribution in [2.45, 2.75) is 0 Å². The van der Waals surface area contributed by atoms with E-state index >= 15 is 0 Å². The van der Waals surface area contributed by atoms with Gasteiger partial charge in [0.25, 0.3) is 0 Å². The van der Waals surface area contributed by atoms with E-state index in [1.165, 1.54) is 12.4 Å². The third-order valence-corrected chi connectivity index (χ3v) is 1.08. The van der Waals surface area contributed by atoms with Crippen LogP contribution in [0.25, 0.3) is 0 Å². The van der Waals surface area contributed by atoms with E-state index in [9.17, 15) is 0 Å². The number of rotatable bonds is 0. The van der Waals surface area contributed by atoms with Crippen molar-refractivity contribution in [3.8, 4) is 0 Å². The van der Waals surface area contributed by atoms with Crippen LogP contribution in [0.4, 0.5) is 0 Å². The Bertz CT molecular complexity index is 212. The Hall–Kier alpha value is -0.310. The minimum atomic E-state index is 0.222. The number of halogens is 3. The molecule has 0 aliphatic rings. The molecule has 0 saturated heterocycles. The molecule has 0 radical (unpaired) electrons. The first-order valence-electron chi connectivity index (χ1n) is 2.50. The summed E-state index contributed by atoms with van der Waals surface area (Å²) < 4.78 is 0. The molecule has 0 aliphatic carbocycles. The Morgan fingerprint density at radius 3 is 1.82 bits per heavy atom. The zero-order valence-corrected chi connectivity index (χ0v) is 7.57. The smallest absolute Gasteiger partial charge is 0.208 e. The summed E-state index contributed by atoms with van der Waals surface area (Å²) in [4.78, 5) is 12.3. The molecule has 0 saturated carbocycles. The highest BCUT2D eigenvalue weighted by Crippen LogP contribution is 2.11. The van der Waals surface area contributed by atoms with E-state index < -0.39 is 0 Å². The van der Waals surface area contributed by atoms with Gasteiger partial charge in [-0.1, -0.05) is 23.2 Å². The molecule has 1 aromatic rings. The SMILES string of the molecule is Clc1cncc(Cl)c1.O=CCl. The highest BCUT2D eigenvalue weighted by atomic mass is 35.5. The number of pyridine rings is 1. The number of aromatic nitrogens is 1. The third kappa shape index (κ3) is 6.10. The fraction of sp³-hybridized carbons (Fsp3) is 0. The number of hydrogen-bond donors (Lipinski definition) is 0.